The first-order valence-electron chi connectivity index (χ1n) is 5.93. The van der Waals surface area contributed by atoms with Crippen LogP contribution in [0.3, 0.4) is 0 Å². The molecule has 1 N–H and O–H groups in total. The van der Waals surface area contributed by atoms with Crippen LogP contribution in [0.15, 0.2) is 18.2 Å². The number of benzene rings is 1. The Morgan fingerprint density at radius 1 is 1.31 bits per heavy atom. The molecule has 1 aromatic rings. The summed E-state index contributed by atoms with van der Waals surface area (Å²) in [6, 6.07) is 5.37. The van der Waals surface area contributed by atoms with Crippen LogP contribution in [0.4, 0.5) is 10.1 Å². The van der Waals surface area contributed by atoms with Gasteiger partial charge in [-0.05, 0) is 45.1 Å². The number of fused-ring (bicyclic) bond motifs is 2. The van der Waals surface area contributed by atoms with Gasteiger partial charge in [-0.3, -0.25) is 0 Å². The molecular weight excluding hydrogens is 203 g/mol. The number of rotatable bonds is 0. The lowest BCUT2D eigenvalue weighted by molar-refractivity contribution is 0.197. The van der Waals surface area contributed by atoms with Gasteiger partial charge in [-0.25, -0.2) is 4.39 Å². The third-order valence-electron chi connectivity index (χ3n) is 4.11. The van der Waals surface area contributed by atoms with Crippen molar-refractivity contribution in [2.45, 2.75) is 18.3 Å². The Bertz CT molecular complexity index is 408. The lowest BCUT2D eigenvalue weighted by Crippen LogP contribution is -2.42. The fraction of sp³-hybridized carbons (Fsp3) is 0.538. The third kappa shape index (κ3) is 1.34. The first kappa shape index (κ1) is 10.1. The molecule has 16 heavy (non-hydrogen) atoms. The Morgan fingerprint density at radius 3 is 2.81 bits per heavy atom. The minimum atomic E-state index is -0.0351. The standard InChI is InChI=1S/C13H17FN2/c1-16-7-5-13(6-8-16)9-15-11-4-2-3-10(14)12(11)13/h2-4,15H,5-9H2,1H3. The molecule has 1 fully saturated rings. The summed E-state index contributed by atoms with van der Waals surface area (Å²) < 4.78 is 14.0. The molecule has 2 aliphatic rings. The molecule has 1 aromatic carbocycles. The molecule has 0 atom stereocenters. The topological polar surface area (TPSA) is 15.3 Å². The van der Waals surface area contributed by atoms with Gasteiger partial charge in [-0.2, -0.15) is 0 Å². The van der Waals surface area contributed by atoms with E-state index in [-0.39, 0.29) is 11.2 Å². The Labute approximate surface area is 95.4 Å². The first-order valence-corrected chi connectivity index (χ1v) is 5.93. The zero-order valence-electron chi connectivity index (χ0n) is 9.59. The van der Waals surface area contributed by atoms with Gasteiger partial charge in [0, 0.05) is 23.2 Å². The Kier molecular flexibility index (Phi) is 2.18. The van der Waals surface area contributed by atoms with Gasteiger partial charge >= 0.3 is 0 Å². The van der Waals surface area contributed by atoms with Gasteiger partial charge < -0.3 is 10.2 Å². The molecule has 2 nitrogen and oxygen atoms in total. The molecule has 0 aliphatic carbocycles. The number of piperidine rings is 1. The molecule has 0 aromatic heterocycles. The van der Waals surface area contributed by atoms with Crippen molar-refractivity contribution in [3.05, 3.63) is 29.6 Å². The van der Waals surface area contributed by atoms with Gasteiger partial charge in [-0.15, -0.1) is 0 Å². The van der Waals surface area contributed by atoms with Crippen molar-refractivity contribution < 1.29 is 4.39 Å². The van der Waals surface area contributed by atoms with Gasteiger partial charge in [-0.1, -0.05) is 6.07 Å². The van der Waals surface area contributed by atoms with E-state index in [2.05, 4.69) is 17.3 Å². The van der Waals surface area contributed by atoms with E-state index in [1.54, 1.807) is 12.1 Å². The molecule has 2 heterocycles. The van der Waals surface area contributed by atoms with Gasteiger partial charge in [0.25, 0.3) is 0 Å². The molecular formula is C13H17FN2. The van der Waals surface area contributed by atoms with Crippen molar-refractivity contribution in [1.82, 2.24) is 4.90 Å². The van der Waals surface area contributed by atoms with Gasteiger partial charge in [0.05, 0.1) is 0 Å². The van der Waals surface area contributed by atoms with E-state index in [0.29, 0.717) is 0 Å². The van der Waals surface area contributed by atoms with Crippen molar-refractivity contribution >= 4 is 5.69 Å². The van der Waals surface area contributed by atoms with E-state index in [9.17, 15) is 4.39 Å². The Morgan fingerprint density at radius 2 is 2.06 bits per heavy atom. The summed E-state index contributed by atoms with van der Waals surface area (Å²) in [4.78, 5) is 2.32. The number of halogens is 1. The number of nitrogens with one attached hydrogen (secondary N) is 1. The Balaban J connectivity index is 2.02. The molecule has 1 spiro atoms. The minimum absolute atomic E-state index is 0.0351. The monoisotopic (exact) mass is 220 g/mol. The van der Waals surface area contributed by atoms with Gasteiger partial charge in [0.15, 0.2) is 0 Å². The average Bonchev–Trinajstić information content (AvgIpc) is 2.64. The van der Waals surface area contributed by atoms with Crippen LogP contribution in [-0.2, 0) is 5.41 Å². The molecule has 86 valence electrons. The fourth-order valence-electron chi connectivity index (χ4n) is 3.04. The number of hydrogen-bond acceptors (Lipinski definition) is 2. The number of anilines is 1. The summed E-state index contributed by atoms with van der Waals surface area (Å²) >= 11 is 0. The summed E-state index contributed by atoms with van der Waals surface area (Å²) in [7, 11) is 2.14. The highest BCUT2D eigenvalue weighted by Gasteiger charge is 2.42. The van der Waals surface area contributed by atoms with E-state index in [1.165, 1.54) is 0 Å². The SMILES string of the molecule is CN1CCC2(CC1)CNc1cccc(F)c12. The highest BCUT2D eigenvalue weighted by molar-refractivity contribution is 5.61. The lowest BCUT2D eigenvalue weighted by Gasteiger charge is -2.37. The zero-order valence-corrected chi connectivity index (χ0v) is 9.59. The molecule has 2 aliphatic heterocycles. The van der Waals surface area contributed by atoms with E-state index in [0.717, 1.165) is 43.7 Å². The normalized spacial score (nSPS) is 23.1. The van der Waals surface area contributed by atoms with Crippen molar-refractivity contribution in [1.29, 1.82) is 0 Å². The van der Waals surface area contributed by atoms with E-state index in [4.69, 9.17) is 0 Å². The first-order chi connectivity index (χ1) is 7.71. The van der Waals surface area contributed by atoms with Gasteiger partial charge in [0.1, 0.15) is 5.82 Å². The molecule has 0 bridgehead atoms. The molecule has 3 heteroatoms. The maximum absolute atomic E-state index is 14.0. The second-order valence-corrected chi connectivity index (χ2v) is 5.10. The molecule has 0 unspecified atom stereocenters. The fourth-order valence-corrected chi connectivity index (χ4v) is 3.04. The predicted molar refractivity (Wildman–Crippen MR) is 63.3 cm³/mol. The lowest BCUT2D eigenvalue weighted by atomic mass is 9.74. The summed E-state index contributed by atoms with van der Waals surface area (Å²) in [6.07, 6.45) is 2.12. The largest absolute Gasteiger partial charge is 0.384 e. The van der Waals surface area contributed by atoms with Crippen LogP contribution in [0, 0.1) is 5.82 Å². The molecule has 0 radical (unpaired) electrons. The summed E-state index contributed by atoms with van der Waals surface area (Å²) in [5.41, 5.74) is 1.99. The predicted octanol–water partition coefficient (Wildman–Crippen LogP) is 2.21. The molecule has 3 rings (SSSR count). The van der Waals surface area contributed by atoms with E-state index in [1.807, 2.05) is 6.07 Å². The third-order valence-corrected chi connectivity index (χ3v) is 4.11. The van der Waals surface area contributed by atoms with E-state index < -0.39 is 0 Å². The average molecular weight is 220 g/mol. The van der Waals surface area contributed by atoms with Crippen LogP contribution in [0.1, 0.15) is 18.4 Å². The van der Waals surface area contributed by atoms with Gasteiger partial charge in [0.2, 0.25) is 0 Å². The molecule has 1 saturated heterocycles. The smallest absolute Gasteiger partial charge is 0.129 e. The summed E-state index contributed by atoms with van der Waals surface area (Å²) in [5.74, 6) is -0.0351. The molecule has 0 amide bonds. The van der Waals surface area contributed by atoms with Crippen LogP contribution in [0.2, 0.25) is 0 Å². The van der Waals surface area contributed by atoms with Crippen molar-refractivity contribution in [2.24, 2.45) is 0 Å². The van der Waals surface area contributed by atoms with E-state index >= 15 is 0 Å². The van der Waals surface area contributed by atoms with Crippen LogP contribution < -0.4 is 5.32 Å². The van der Waals surface area contributed by atoms with Crippen LogP contribution in [0.5, 0.6) is 0 Å². The van der Waals surface area contributed by atoms with Crippen molar-refractivity contribution in [3.63, 3.8) is 0 Å². The highest BCUT2D eigenvalue weighted by Crippen LogP contribution is 2.44. The second kappa shape index (κ2) is 3.45. The summed E-state index contributed by atoms with van der Waals surface area (Å²) in [5, 5.41) is 3.36. The van der Waals surface area contributed by atoms with Crippen LogP contribution in [0.25, 0.3) is 0 Å². The summed E-state index contributed by atoms with van der Waals surface area (Å²) in [6.45, 7) is 3.03. The van der Waals surface area contributed by atoms with Crippen molar-refractivity contribution in [2.75, 3.05) is 32.0 Å². The number of hydrogen-bond donors (Lipinski definition) is 1. The maximum Gasteiger partial charge on any atom is 0.129 e. The second-order valence-electron chi connectivity index (χ2n) is 5.10. The Hall–Kier alpha value is -1.09. The highest BCUT2D eigenvalue weighted by atomic mass is 19.1. The van der Waals surface area contributed by atoms with Crippen LogP contribution >= 0.6 is 0 Å². The zero-order chi connectivity index (χ0) is 11.2. The van der Waals surface area contributed by atoms with Crippen molar-refractivity contribution in [3.8, 4) is 0 Å². The van der Waals surface area contributed by atoms with Crippen LogP contribution in [-0.4, -0.2) is 31.6 Å². The number of likely N-dealkylation sites (tertiary alicyclic amines) is 1. The molecule has 0 saturated carbocycles. The number of nitrogens with zero attached hydrogens (tertiary/aromatic N) is 1. The maximum atomic E-state index is 14.0. The quantitative estimate of drug-likeness (QED) is 0.721. The minimum Gasteiger partial charge on any atom is -0.384 e.